The Morgan fingerprint density at radius 2 is 1.96 bits per heavy atom. The van der Waals surface area contributed by atoms with Crippen LogP contribution in [0, 0.1) is 0 Å². The maximum Gasteiger partial charge on any atom is 0.264 e. The van der Waals surface area contributed by atoms with Crippen molar-refractivity contribution in [3.05, 3.63) is 48.0 Å². The van der Waals surface area contributed by atoms with Crippen molar-refractivity contribution in [2.75, 3.05) is 14.2 Å². The third-order valence-corrected chi connectivity index (χ3v) is 3.92. The van der Waals surface area contributed by atoms with E-state index in [4.69, 9.17) is 9.47 Å². The molecule has 3 rings (SSSR count). The van der Waals surface area contributed by atoms with E-state index in [1.165, 1.54) is 6.21 Å². The summed E-state index contributed by atoms with van der Waals surface area (Å²) in [4.78, 5) is 12.3. The van der Waals surface area contributed by atoms with Crippen LogP contribution in [-0.2, 0) is 4.79 Å². The Labute approximate surface area is 150 Å². The van der Waals surface area contributed by atoms with Crippen LogP contribution in [0.2, 0.25) is 0 Å². The average molecular weight is 353 g/mol. The van der Waals surface area contributed by atoms with E-state index in [0.717, 1.165) is 16.6 Å². The van der Waals surface area contributed by atoms with Gasteiger partial charge in [-0.2, -0.15) is 5.10 Å². The molecule has 0 aliphatic heterocycles. The van der Waals surface area contributed by atoms with Gasteiger partial charge in [0, 0.05) is 0 Å². The van der Waals surface area contributed by atoms with Gasteiger partial charge in [0.15, 0.2) is 11.5 Å². The van der Waals surface area contributed by atoms with Gasteiger partial charge in [0.2, 0.25) is 0 Å². The van der Waals surface area contributed by atoms with E-state index in [1.807, 2.05) is 30.3 Å². The van der Waals surface area contributed by atoms with Gasteiger partial charge in [-0.15, -0.1) is 5.10 Å². The number of para-hydroxylation sites is 1. The van der Waals surface area contributed by atoms with Gasteiger partial charge in [0.25, 0.3) is 5.91 Å². The van der Waals surface area contributed by atoms with Crippen LogP contribution >= 0.6 is 0 Å². The van der Waals surface area contributed by atoms with Gasteiger partial charge in [-0.25, -0.2) is 10.1 Å². The number of fused-ring (bicyclic) bond motifs is 1. The van der Waals surface area contributed by atoms with E-state index < -0.39 is 6.04 Å². The minimum absolute atomic E-state index is 0.294. The number of carbonyl (C=O) groups is 1. The second kappa shape index (κ2) is 7.64. The molecule has 0 saturated heterocycles. The lowest BCUT2D eigenvalue weighted by atomic mass is 10.2. The smallest absolute Gasteiger partial charge is 0.264 e. The molecule has 26 heavy (non-hydrogen) atoms. The molecule has 0 saturated carbocycles. The first kappa shape index (κ1) is 17.4. The van der Waals surface area contributed by atoms with Crippen molar-refractivity contribution >= 4 is 23.2 Å². The third kappa shape index (κ3) is 3.49. The topological polar surface area (TPSA) is 90.6 Å². The van der Waals surface area contributed by atoms with Crippen molar-refractivity contribution in [2.45, 2.75) is 13.0 Å². The standard InChI is InChI=1S/C18H19N5O3/c1-12(23-15-7-5-4-6-14(15)20-22-23)18(24)21-19-11-13-8-9-16(25-2)17(10-13)26-3/h4-12H,1-3H3,(H,21,24)/b19-11-/t12-/m1/s1. The van der Waals surface area contributed by atoms with Crippen molar-refractivity contribution < 1.29 is 14.3 Å². The van der Waals surface area contributed by atoms with Crippen LogP contribution in [0.1, 0.15) is 18.5 Å². The summed E-state index contributed by atoms with van der Waals surface area (Å²) >= 11 is 0. The molecule has 2 aromatic carbocycles. The number of nitrogens with one attached hydrogen (secondary N) is 1. The zero-order valence-corrected chi connectivity index (χ0v) is 14.7. The van der Waals surface area contributed by atoms with Crippen molar-refractivity contribution in [2.24, 2.45) is 5.10 Å². The molecule has 0 fully saturated rings. The molecule has 3 aromatic rings. The zero-order chi connectivity index (χ0) is 18.5. The predicted octanol–water partition coefficient (Wildman–Crippen LogP) is 2.16. The van der Waals surface area contributed by atoms with E-state index in [2.05, 4.69) is 20.8 Å². The number of aromatic nitrogens is 3. The highest BCUT2D eigenvalue weighted by molar-refractivity contribution is 5.85. The summed E-state index contributed by atoms with van der Waals surface area (Å²) in [5.74, 6) is 0.919. The lowest BCUT2D eigenvalue weighted by molar-refractivity contribution is -0.124. The first-order chi connectivity index (χ1) is 12.6. The van der Waals surface area contributed by atoms with Crippen LogP contribution < -0.4 is 14.9 Å². The van der Waals surface area contributed by atoms with Gasteiger partial charge in [-0.1, -0.05) is 17.3 Å². The molecular formula is C18H19N5O3. The van der Waals surface area contributed by atoms with Crippen LogP contribution in [0.4, 0.5) is 0 Å². The van der Waals surface area contributed by atoms with Crippen LogP contribution in [0.25, 0.3) is 11.0 Å². The summed E-state index contributed by atoms with van der Waals surface area (Å²) in [5, 5.41) is 12.1. The second-order valence-corrected chi connectivity index (χ2v) is 5.55. The Balaban J connectivity index is 1.69. The monoisotopic (exact) mass is 353 g/mol. The highest BCUT2D eigenvalue weighted by Crippen LogP contribution is 2.26. The Bertz CT molecular complexity index is 951. The molecule has 134 valence electrons. The fourth-order valence-electron chi connectivity index (χ4n) is 2.48. The fourth-order valence-corrected chi connectivity index (χ4v) is 2.48. The summed E-state index contributed by atoms with van der Waals surface area (Å²) in [7, 11) is 3.13. The molecule has 8 heteroatoms. The Morgan fingerprint density at radius 3 is 2.73 bits per heavy atom. The highest BCUT2D eigenvalue weighted by atomic mass is 16.5. The Morgan fingerprint density at radius 1 is 1.19 bits per heavy atom. The van der Waals surface area contributed by atoms with Crippen molar-refractivity contribution in [1.29, 1.82) is 0 Å². The van der Waals surface area contributed by atoms with E-state index in [9.17, 15) is 4.79 Å². The first-order valence-corrected chi connectivity index (χ1v) is 7.99. The van der Waals surface area contributed by atoms with Crippen LogP contribution in [0.3, 0.4) is 0 Å². The van der Waals surface area contributed by atoms with Crippen LogP contribution in [0.5, 0.6) is 11.5 Å². The maximum absolute atomic E-state index is 12.3. The minimum Gasteiger partial charge on any atom is -0.493 e. The number of amides is 1. The minimum atomic E-state index is -0.551. The number of rotatable bonds is 6. The fraction of sp³-hybridized carbons (Fsp3) is 0.222. The zero-order valence-electron chi connectivity index (χ0n) is 14.7. The number of nitrogens with zero attached hydrogens (tertiary/aromatic N) is 4. The molecule has 0 bridgehead atoms. The molecule has 1 N–H and O–H groups in total. The number of carbonyl (C=O) groups excluding carboxylic acids is 1. The molecule has 0 spiro atoms. The molecular weight excluding hydrogens is 334 g/mol. The van der Waals surface area contributed by atoms with Gasteiger partial charge >= 0.3 is 0 Å². The lowest BCUT2D eigenvalue weighted by Crippen LogP contribution is -2.28. The predicted molar refractivity (Wildman–Crippen MR) is 97.5 cm³/mol. The van der Waals surface area contributed by atoms with Crippen molar-refractivity contribution in [3.8, 4) is 11.5 Å². The van der Waals surface area contributed by atoms with E-state index in [1.54, 1.807) is 38.0 Å². The number of methoxy groups -OCH3 is 2. The van der Waals surface area contributed by atoms with Crippen LogP contribution in [0.15, 0.2) is 47.6 Å². The molecule has 0 aliphatic carbocycles. The van der Waals surface area contributed by atoms with Gasteiger partial charge in [-0.3, -0.25) is 4.79 Å². The van der Waals surface area contributed by atoms with Crippen molar-refractivity contribution in [3.63, 3.8) is 0 Å². The first-order valence-electron chi connectivity index (χ1n) is 7.99. The SMILES string of the molecule is COc1ccc(/C=N\NC(=O)[C@@H](C)n2nnc3ccccc32)cc1OC. The number of benzene rings is 2. The highest BCUT2D eigenvalue weighted by Gasteiger charge is 2.18. The van der Waals surface area contributed by atoms with Crippen molar-refractivity contribution in [1.82, 2.24) is 20.4 Å². The number of hydrogen-bond acceptors (Lipinski definition) is 6. The van der Waals surface area contributed by atoms with Gasteiger partial charge in [0.05, 0.1) is 26.0 Å². The molecule has 1 aromatic heterocycles. The second-order valence-electron chi connectivity index (χ2n) is 5.55. The average Bonchev–Trinajstić information content (AvgIpc) is 3.11. The number of hydrazone groups is 1. The summed E-state index contributed by atoms with van der Waals surface area (Å²) in [6.45, 7) is 1.74. The summed E-state index contributed by atoms with van der Waals surface area (Å²) in [6, 6.07) is 12.3. The largest absolute Gasteiger partial charge is 0.493 e. The quantitative estimate of drug-likeness (QED) is 0.542. The van der Waals surface area contributed by atoms with Gasteiger partial charge in [0.1, 0.15) is 11.6 Å². The molecule has 8 nitrogen and oxygen atoms in total. The molecule has 1 heterocycles. The summed E-state index contributed by atoms with van der Waals surface area (Å²) in [6.07, 6.45) is 1.53. The van der Waals surface area contributed by atoms with Gasteiger partial charge < -0.3 is 9.47 Å². The van der Waals surface area contributed by atoms with E-state index in [0.29, 0.717) is 11.5 Å². The number of ether oxygens (including phenoxy) is 2. The molecule has 0 radical (unpaired) electrons. The Kier molecular flexibility index (Phi) is 5.12. The number of hydrogen-bond donors (Lipinski definition) is 1. The summed E-state index contributed by atoms with van der Waals surface area (Å²) < 4.78 is 12.0. The Hall–Kier alpha value is -3.42. The van der Waals surface area contributed by atoms with Gasteiger partial charge in [-0.05, 0) is 42.8 Å². The van der Waals surface area contributed by atoms with Crippen LogP contribution in [-0.4, -0.2) is 41.3 Å². The van der Waals surface area contributed by atoms with E-state index in [-0.39, 0.29) is 5.91 Å². The third-order valence-electron chi connectivity index (χ3n) is 3.92. The molecule has 1 amide bonds. The summed E-state index contributed by atoms with van der Waals surface area (Å²) in [5.41, 5.74) is 4.81. The maximum atomic E-state index is 12.3. The molecule has 0 unspecified atom stereocenters. The van der Waals surface area contributed by atoms with E-state index >= 15 is 0 Å². The molecule has 0 aliphatic rings. The molecule has 1 atom stereocenters. The normalized spacial score (nSPS) is 12.3. The lowest BCUT2D eigenvalue weighted by Gasteiger charge is -2.10.